The first-order chi connectivity index (χ1) is 8.79. The molecule has 0 amide bonds. The average Bonchev–Trinajstić information content (AvgIpc) is 2.84. The maximum absolute atomic E-state index is 4.38. The van der Waals surface area contributed by atoms with E-state index in [-0.39, 0.29) is 5.54 Å². The van der Waals surface area contributed by atoms with Gasteiger partial charge in [-0.25, -0.2) is 4.68 Å². The lowest BCUT2D eigenvalue weighted by atomic mass is 10.1. The van der Waals surface area contributed by atoms with Gasteiger partial charge >= 0.3 is 0 Å². The van der Waals surface area contributed by atoms with Gasteiger partial charge < -0.3 is 5.32 Å². The van der Waals surface area contributed by atoms with E-state index in [0.717, 1.165) is 22.8 Å². The van der Waals surface area contributed by atoms with E-state index in [9.17, 15) is 0 Å². The van der Waals surface area contributed by atoms with Gasteiger partial charge in [0.1, 0.15) is 5.69 Å². The zero-order chi connectivity index (χ0) is 14.2. The summed E-state index contributed by atoms with van der Waals surface area (Å²) in [5, 5.41) is 16.1. The first kappa shape index (κ1) is 13.6. The van der Waals surface area contributed by atoms with E-state index in [2.05, 4.69) is 41.5 Å². The monoisotopic (exact) mass is 262 g/mol. The summed E-state index contributed by atoms with van der Waals surface area (Å²) in [7, 11) is 1.95. The van der Waals surface area contributed by atoms with Crippen LogP contribution < -0.4 is 5.32 Å². The van der Waals surface area contributed by atoms with Gasteiger partial charge in [0.25, 0.3) is 0 Å². The summed E-state index contributed by atoms with van der Waals surface area (Å²) in [6.45, 7) is 11.0. The number of nitrogens with one attached hydrogen (secondary N) is 1. The van der Waals surface area contributed by atoms with Gasteiger partial charge in [0.15, 0.2) is 0 Å². The molecule has 0 radical (unpaired) electrons. The highest BCUT2D eigenvalue weighted by Gasteiger charge is 2.15. The van der Waals surface area contributed by atoms with Gasteiger partial charge in [0.2, 0.25) is 0 Å². The molecule has 104 valence electrons. The molecule has 0 aliphatic carbocycles. The number of nitrogens with zero attached hydrogens (tertiary/aromatic N) is 5. The van der Waals surface area contributed by atoms with Gasteiger partial charge in [-0.05, 0) is 34.6 Å². The Balaban J connectivity index is 2.09. The third-order valence-electron chi connectivity index (χ3n) is 3.18. The standard InChI is InChI=1S/C13H22N6/c1-9-12(10(2)18(6)16-9)14-7-11-8-19(17-15-11)13(3,4)5/h8,14H,7H2,1-6H3. The fourth-order valence-corrected chi connectivity index (χ4v) is 1.92. The molecule has 0 aliphatic heterocycles. The van der Waals surface area contributed by atoms with Crippen LogP contribution >= 0.6 is 0 Å². The molecule has 0 bridgehead atoms. The second-order valence-corrected chi connectivity index (χ2v) is 5.85. The van der Waals surface area contributed by atoms with Crippen LogP contribution in [0.25, 0.3) is 0 Å². The van der Waals surface area contributed by atoms with E-state index in [1.54, 1.807) is 0 Å². The van der Waals surface area contributed by atoms with Crippen molar-refractivity contribution in [2.24, 2.45) is 7.05 Å². The fraction of sp³-hybridized carbons (Fsp3) is 0.615. The molecule has 0 aromatic carbocycles. The van der Waals surface area contributed by atoms with E-state index < -0.39 is 0 Å². The Morgan fingerprint density at radius 3 is 2.42 bits per heavy atom. The molecule has 6 nitrogen and oxygen atoms in total. The average molecular weight is 262 g/mol. The Hall–Kier alpha value is -1.85. The number of hydrogen-bond donors (Lipinski definition) is 1. The van der Waals surface area contributed by atoms with Gasteiger partial charge in [-0.15, -0.1) is 5.10 Å². The Morgan fingerprint density at radius 1 is 1.26 bits per heavy atom. The summed E-state index contributed by atoms with van der Waals surface area (Å²) in [5.74, 6) is 0. The maximum atomic E-state index is 4.38. The molecule has 0 fully saturated rings. The molecule has 0 saturated carbocycles. The molecule has 0 atom stereocenters. The molecule has 2 aromatic rings. The number of aryl methyl sites for hydroxylation is 2. The summed E-state index contributed by atoms with van der Waals surface area (Å²) >= 11 is 0. The first-order valence-electron chi connectivity index (χ1n) is 6.45. The fourth-order valence-electron chi connectivity index (χ4n) is 1.92. The largest absolute Gasteiger partial charge is 0.376 e. The normalized spacial score (nSPS) is 11.9. The highest BCUT2D eigenvalue weighted by molar-refractivity contribution is 5.51. The predicted molar refractivity (Wildman–Crippen MR) is 75.0 cm³/mol. The molecule has 2 aromatic heterocycles. The lowest BCUT2D eigenvalue weighted by Gasteiger charge is -2.17. The lowest BCUT2D eigenvalue weighted by Crippen LogP contribution is -2.22. The number of aromatic nitrogens is 5. The minimum atomic E-state index is -0.0363. The molecular formula is C13H22N6. The van der Waals surface area contributed by atoms with Crippen LogP contribution in [0.2, 0.25) is 0 Å². The second-order valence-electron chi connectivity index (χ2n) is 5.85. The van der Waals surface area contributed by atoms with Crippen molar-refractivity contribution in [2.75, 3.05) is 5.32 Å². The zero-order valence-electron chi connectivity index (χ0n) is 12.5. The molecule has 2 rings (SSSR count). The first-order valence-corrected chi connectivity index (χ1v) is 6.45. The van der Waals surface area contributed by atoms with Crippen molar-refractivity contribution in [2.45, 2.75) is 46.7 Å². The van der Waals surface area contributed by atoms with E-state index in [1.165, 1.54) is 0 Å². The van der Waals surface area contributed by atoms with Crippen molar-refractivity contribution in [3.8, 4) is 0 Å². The predicted octanol–water partition coefficient (Wildman–Crippen LogP) is 2.00. The Morgan fingerprint density at radius 2 is 1.95 bits per heavy atom. The third kappa shape index (κ3) is 2.77. The minimum Gasteiger partial charge on any atom is -0.376 e. The van der Waals surface area contributed by atoms with Crippen molar-refractivity contribution < 1.29 is 0 Å². The summed E-state index contributed by atoms with van der Waals surface area (Å²) < 4.78 is 3.76. The molecule has 0 spiro atoms. The molecule has 0 unspecified atom stereocenters. The van der Waals surface area contributed by atoms with Gasteiger partial charge in [0.05, 0.1) is 35.4 Å². The molecule has 0 aliphatic rings. The maximum Gasteiger partial charge on any atom is 0.102 e. The van der Waals surface area contributed by atoms with Gasteiger partial charge in [-0.3, -0.25) is 4.68 Å². The van der Waals surface area contributed by atoms with Crippen LogP contribution in [-0.2, 0) is 19.1 Å². The van der Waals surface area contributed by atoms with Gasteiger partial charge in [-0.1, -0.05) is 5.21 Å². The molecule has 6 heteroatoms. The summed E-state index contributed by atoms with van der Waals surface area (Å²) in [4.78, 5) is 0. The van der Waals surface area contributed by atoms with Crippen molar-refractivity contribution in [1.82, 2.24) is 24.8 Å². The highest BCUT2D eigenvalue weighted by atomic mass is 15.4. The smallest absolute Gasteiger partial charge is 0.102 e. The summed E-state index contributed by atoms with van der Waals surface area (Å²) in [5.41, 5.74) is 4.10. The summed E-state index contributed by atoms with van der Waals surface area (Å²) in [6.07, 6.45) is 1.98. The van der Waals surface area contributed by atoms with Gasteiger partial charge in [0, 0.05) is 7.05 Å². The molecule has 0 saturated heterocycles. The Kier molecular flexibility index (Phi) is 3.34. The second kappa shape index (κ2) is 4.68. The number of rotatable bonds is 3. The molecule has 2 heterocycles. The zero-order valence-corrected chi connectivity index (χ0v) is 12.5. The molecule has 1 N–H and O–H groups in total. The Bertz CT molecular complexity index is 572. The van der Waals surface area contributed by atoms with Crippen molar-refractivity contribution in [3.05, 3.63) is 23.3 Å². The molecule has 19 heavy (non-hydrogen) atoms. The van der Waals surface area contributed by atoms with Crippen LogP contribution in [0.4, 0.5) is 5.69 Å². The third-order valence-corrected chi connectivity index (χ3v) is 3.18. The minimum absolute atomic E-state index is 0.0363. The van der Waals surface area contributed by atoms with Crippen LogP contribution in [0.3, 0.4) is 0 Å². The lowest BCUT2D eigenvalue weighted by molar-refractivity contribution is 0.347. The van der Waals surface area contributed by atoms with Gasteiger partial charge in [-0.2, -0.15) is 5.10 Å². The highest BCUT2D eigenvalue weighted by Crippen LogP contribution is 2.19. The Labute approximate surface area is 113 Å². The number of anilines is 1. The van der Waals surface area contributed by atoms with E-state index in [1.807, 2.05) is 36.5 Å². The van der Waals surface area contributed by atoms with Crippen molar-refractivity contribution >= 4 is 5.69 Å². The van der Waals surface area contributed by atoms with Crippen LogP contribution in [0.1, 0.15) is 37.9 Å². The van der Waals surface area contributed by atoms with Crippen molar-refractivity contribution in [1.29, 1.82) is 0 Å². The van der Waals surface area contributed by atoms with Crippen LogP contribution in [0.15, 0.2) is 6.20 Å². The van der Waals surface area contributed by atoms with E-state index in [0.29, 0.717) is 6.54 Å². The molecular weight excluding hydrogens is 240 g/mol. The van der Waals surface area contributed by atoms with Crippen LogP contribution in [0, 0.1) is 13.8 Å². The van der Waals surface area contributed by atoms with Crippen LogP contribution in [0.5, 0.6) is 0 Å². The topological polar surface area (TPSA) is 60.6 Å². The van der Waals surface area contributed by atoms with Crippen LogP contribution in [-0.4, -0.2) is 24.8 Å². The van der Waals surface area contributed by atoms with Crippen molar-refractivity contribution in [3.63, 3.8) is 0 Å². The van der Waals surface area contributed by atoms with E-state index >= 15 is 0 Å². The summed E-state index contributed by atoms with van der Waals surface area (Å²) in [6, 6.07) is 0. The SMILES string of the molecule is Cc1nn(C)c(C)c1NCc1cn(C(C)(C)C)nn1. The number of hydrogen-bond acceptors (Lipinski definition) is 4. The quantitative estimate of drug-likeness (QED) is 0.919. The van der Waals surface area contributed by atoms with E-state index in [4.69, 9.17) is 0 Å².